The number of rotatable bonds is 0. The molecule has 10 heteroatoms. The molecule has 1 saturated heterocycles. The molecule has 1 aliphatic heterocycles. The molecule has 1 heterocycles. The molecule has 1 aromatic rings. The fourth-order valence-electron chi connectivity index (χ4n) is 1.90. The van der Waals surface area contributed by atoms with Crippen molar-refractivity contribution < 1.29 is 41.4 Å². The summed E-state index contributed by atoms with van der Waals surface area (Å²) in [5, 5.41) is 20.4. The Hall–Kier alpha value is -2.25. The lowest BCUT2D eigenvalue weighted by atomic mass is 9.93. The molecule has 0 saturated carbocycles. The summed E-state index contributed by atoms with van der Waals surface area (Å²) in [5.41, 5.74) is -1.26. The molecule has 1 aromatic carbocycles. The lowest BCUT2D eigenvalue weighted by Crippen LogP contribution is -2.40. The normalized spacial score (nSPS) is 16.6. The van der Waals surface area contributed by atoms with E-state index in [0.717, 1.165) is 12.1 Å². The van der Waals surface area contributed by atoms with Gasteiger partial charge < -0.3 is 15.5 Å². The van der Waals surface area contributed by atoms with E-state index in [9.17, 15) is 31.4 Å². The van der Waals surface area contributed by atoms with Gasteiger partial charge in [0.2, 0.25) is 0 Å². The number of carboxylic acid groups (broad SMARTS) is 1. The molecule has 0 atom stereocenters. The smallest absolute Gasteiger partial charge is 0.475 e. The molecule has 3 N–H and O–H groups in total. The zero-order chi connectivity index (χ0) is 20.0. The number of carboxylic acids is 1. The highest BCUT2D eigenvalue weighted by atomic mass is 19.4. The van der Waals surface area contributed by atoms with Crippen molar-refractivity contribution in [2.24, 2.45) is 0 Å². The summed E-state index contributed by atoms with van der Waals surface area (Å²) in [5.74, 6) is 2.74. The molecule has 0 amide bonds. The van der Waals surface area contributed by atoms with Gasteiger partial charge in [0.1, 0.15) is 5.60 Å². The fourth-order valence-corrected chi connectivity index (χ4v) is 1.90. The first kappa shape index (κ1) is 21.8. The molecule has 0 bridgehead atoms. The lowest BCUT2D eigenvalue weighted by Gasteiger charge is -2.27. The SMILES string of the molecule is O=C(O)C(F)(F)F.OC1(C#Cc2ccc(C(F)(F)F)cc2)CCNCC1. The number of hydrogen-bond donors (Lipinski definition) is 3. The van der Waals surface area contributed by atoms with Crippen LogP contribution in [0.3, 0.4) is 0 Å². The molecule has 1 fully saturated rings. The highest BCUT2D eigenvalue weighted by Crippen LogP contribution is 2.29. The molecule has 2 rings (SSSR count). The maximum atomic E-state index is 12.4. The summed E-state index contributed by atoms with van der Waals surface area (Å²) in [6.45, 7) is 1.39. The second kappa shape index (κ2) is 8.42. The van der Waals surface area contributed by atoms with Crippen LogP contribution >= 0.6 is 0 Å². The van der Waals surface area contributed by atoms with Crippen molar-refractivity contribution in [3.63, 3.8) is 0 Å². The van der Waals surface area contributed by atoms with E-state index >= 15 is 0 Å². The van der Waals surface area contributed by atoms with Crippen LogP contribution in [0.2, 0.25) is 0 Å². The third kappa shape index (κ3) is 7.33. The second-order valence-electron chi connectivity index (χ2n) is 5.41. The predicted molar refractivity (Wildman–Crippen MR) is 79.1 cm³/mol. The summed E-state index contributed by atoms with van der Waals surface area (Å²) < 4.78 is 68.9. The van der Waals surface area contributed by atoms with Gasteiger partial charge in [0, 0.05) is 5.56 Å². The minimum absolute atomic E-state index is 0.472. The first-order chi connectivity index (χ1) is 11.8. The minimum atomic E-state index is -5.08. The molecule has 0 radical (unpaired) electrons. The summed E-state index contributed by atoms with van der Waals surface area (Å²) in [6.07, 6.45) is -8.36. The molecule has 4 nitrogen and oxygen atoms in total. The van der Waals surface area contributed by atoms with E-state index in [1.54, 1.807) is 0 Å². The van der Waals surface area contributed by atoms with Gasteiger partial charge in [-0.25, -0.2) is 4.79 Å². The van der Waals surface area contributed by atoms with Gasteiger partial charge in [-0.05, 0) is 50.2 Å². The number of nitrogens with one attached hydrogen (secondary N) is 1. The van der Waals surface area contributed by atoms with E-state index in [4.69, 9.17) is 9.90 Å². The van der Waals surface area contributed by atoms with Crippen molar-refractivity contribution in [3.05, 3.63) is 35.4 Å². The van der Waals surface area contributed by atoms with Gasteiger partial charge >= 0.3 is 18.3 Å². The molecule has 1 aliphatic rings. The number of aliphatic hydroxyl groups is 1. The van der Waals surface area contributed by atoms with Crippen LogP contribution in [-0.4, -0.2) is 41.0 Å². The topological polar surface area (TPSA) is 69.6 Å². The van der Waals surface area contributed by atoms with Crippen LogP contribution in [0.5, 0.6) is 0 Å². The first-order valence-electron chi connectivity index (χ1n) is 7.27. The Balaban J connectivity index is 0.000000412. The van der Waals surface area contributed by atoms with E-state index in [1.165, 1.54) is 12.1 Å². The van der Waals surface area contributed by atoms with Crippen LogP contribution in [0.4, 0.5) is 26.3 Å². The molecular weight excluding hydrogens is 368 g/mol. The summed E-state index contributed by atoms with van der Waals surface area (Å²) >= 11 is 0. The van der Waals surface area contributed by atoms with E-state index < -0.39 is 29.5 Å². The third-order valence-corrected chi connectivity index (χ3v) is 3.32. The third-order valence-electron chi connectivity index (χ3n) is 3.32. The standard InChI is InChI=1S/C14H14F3NO.C2HF3O2/c15-14(16,17)12-3-1-11(2-4-12)5-6-13(19)7-9-18-10-8-13;3-2(4,5)1(6)7/h1-4,18-19H,7-10H2;(H,6,7). The number of piperidine rings is 1. The largest absolute Gasteiger partial charge is 0.490 e. The van der Waals surface area contributed by atoms with Crippen molar-refractivity contribution in [3.8, 4) is 11.8 Å². The van der Waals surface area contributed by atoms with Gasteiger partial charge in [0.15, 0.2) is 0 Å². The Morgan fingerprint density at radius 2 is 1.50 bits per heavy atom. The zero-order valence-corrected chi connectivity index (χ0v) is 13.2. The van der Waals surface area contributed by atoms with Crippen molar-refractivity contribution >= 4 is 5.97 Å². The van der Waals surface area contributed by atoms with Gasteiger partial charge in [0.05, 0.1) is 5.56 Å². The molecule has 0 unspecified atom stereocenters. The van der Waals surface area contributed by atoms with E-state index in [1.807, 2.05) is 0 Å². The van der Waals surface area contributed by atoms with Crippen molar-refractivity contribution in [1.82, 2.24) is 5.32 Å². The average Bonchev–Trinajstić information content (AvgIpc) is 2.53. The zero-order valence-electron chi connectivity index (χ0n) is 13.2. The van der Waals surface area contributed by atoms with Gasteiger partial charge in [-0.15, -0.1) is 0 Å². The Bertz CT molecular complexity index is 664. The molecule has 0 aromatic heterocycles. The van der Waals surface area contributed by atoms with Gasteiger partial charge in [-0.1, -0.05) is 11.8 Å². The van der Waals surface area contributed by atoms with Crippen LogP contribution < -0.4 is 5.32 Å². The summed E-state index contributed by atoms with van der Waals surface area (Å²) in [7, 11) is 0. The van der Waals surface area contributed by atoms with Crippen molar-refractivity contribution in [2.75, 3.05) is 13.1 Å². The molecule has 0 aliphatic carbocycles. The van der Waals surface area contributed by atoms with E-state index in [0.29, 0.717) is 31.5 Å². The Morgan fingerprint density at radius 1 is 1.04 bits per heavy atom. The Kier molecular flexibility index (Phi) is 7.06. The molecule has 26 heavy (non-hydrogen) atoms. The maximum absolute atomic E-state index is 12.4. The number of alkyl halides is 6. The number of halogens is 6. The van der Waals surface area contributed by atoms with E-state index in [2.05, 4.69) is 17.2 Å². The first-order valence-corrected chi connectivity index (χ1v) is 7.27. The Labute approximate surface area is 144 Å². The quantitative estimate of drug-likeness (QED) is 0.476. The fraction of sp³-hybridized carbons (Fsp3) is 0.438. The second-order valence-corrected chi connectivity index (χ2v) is 5.41. The average molecular weight is 383 g/mol. The molecular formula is C16H15F6NO3. The number of aliphatic carboxylic acids is 1. The number of hydrogen-bond acceptors (Lipinski definition) is 3. The van der Waals surface area contributed by atoms with Crippen LogP contribution in [0.1, 0.15) is 24.0 Å². The monoisotopic (exact) mass is 383 g/mol. The maximum Gasteiger partial charge on any atom is 0.490 e. The Morgan fingerprint density at radius 3 is 1.88 bits per heavy atom. The lowest BCUT2D eigenvalue weighted by molar-refractivity contribution is -0.192. The van der Waals surface area contributed by atoms with Crippen LogP contribution in [0.25, 0.3) is 0 Å². The van der Waals surface area contributed by atoms with Crippen LogP contribution in [0.15, 0.2) is 24.3 Å². The summed E-state index contributed by atoms with van der Waals surface area (Å²) in [4.78, 5) is 8.90. The van der Waals surface area contributed by atoms with Gasteiger partial charge in [-0.3, -0.25) is 0 Å². The minimum Gasteiger partial charge on any atom is -0.475 e. The van der Waals surface area contributed by atoms with E-state index in [-0.39, 0.29) is 0 Å². The highest BCUT2D eigenvalue weighted by molar-refractivity contribution is 5.73. The molecule has 144 valence electrons. The van der Waals surface area contributed by atoms with Crippen LogP contribution in [0, 0.1) is 11.8 Å². The number of carbonyl (C=O) groups is 1. The van der Waals surface area contributed by atoms with Gasteiger partial charge in [0.25, 0.3) is 0 Å². The highest BCUT2D eigenvalue weighted by Gasteiger charge is 2.38. The van der Waals surface area contributed by atoms with Gasteiger partial charge in [-0.2, -0.15) is 26.3 Å². The predicted octanol–water partition coefficient (Wildman–Crippen LogP) is 2.80. The van der Waals surface area contributed by atoms with Crippen molar-refractivity contribution in [1.29, 1.82) is 0 Å². The number of benzene rings is 1. The molecule has 0 spiro atoms. The summed E-state index contributed by atoms with van der Waals surface area (Å²) in [6, 6.07) is 4.63. The van der Waals surface area contributed by atoms with Crippen LogP contribution in [-0.2, 0) is 11.0 Å². The van der Waals surface area contributed by atoms with Crippen molar-refractivity contribution in [2.45, 2.75) is 30.8 Å².